The molecule has 0 bridgehead atoms. The van der Waals surface area contributed by atoms with E-state index in [-0.39, 0.29) is 17.5 Å². The van der Waals surface area contributed by atoms with Gasteiger partial charge < -0.3 is 14.6 Å². The second-order valence-corrected chi connectivity index (χ2v) is 8.08. The first-order valence-electron chi connectivity index (χ1n) is 10.1. The highest BCUT2D eigenvalue weighted by Gasteiger charge is 2.19. The predicted molar refractivity (Wildman–Crippen MR) is 118 cm³/mol. The lowest BCUT2D eigenvalue weighted by atomic mass is 10.0. The second-order valence-electron chi connectivity index (χ2n) is 7.64. The lowest BCUT2D eigenvalue weighted by molar-refractivity contribution is 0.0343. The zero-order valence-corrected chi connectivity index (χ0v) is 17.9. The Balaban J connectivity index is 1.64. The van der Waals surface area contributed by atoms with E-state index in [1.807, 2.05) is 0 Å². The third kappa shape index (κ3) is 4.79. The molecule has 1 saturated heterocycles. The summed E-state index contributed by atoms with van der Waals surface area (Å²) < 4.78 is 21.5. The van der Waals surface area contributed by atoms with E-state index in [9.17, 15) is 14.0 Å². The van der Waals surface area contributed by atoms with Gasteiger partial charge in [-0.05, 0) is 35.4 Å². The molecule has 4 rings (SSSR count). The number of amides is 1. The van der Waals surface area contributed by atoms with Gasteiger partial charge in [-0.2, -0.15) is 0 Å². The molecule has 0 atom stereocenters. The number of aromatic nitrogens is 1. The van der Waals surface area contributed by atoms with Gasteiger partial charge in [0.2, 0.25) is 5.43 Å². The van der Waals surface area contributed by atoms with Crippen molar-refractivity contribution in [3.05, 3.63) is 80.3 Å². The molecule has 6 nitrogen and oxygen atoms in total. The summed E-state index contributed by atoms with van der Waals surface area (Å²) >= 11 is 5.88. The van der Waals surface area contributed by atoms with Crippen molar-refractivity contribution < 1.29 is 13.9 Å². The van der Waals surface area contributed by atoms with Crippen LogP contribution in [0.3, 0.4) is 0 Å². The van der Waals surface area contributed by atoms with Gasteiger partial charge in [0.05, 0.1) is 18.7 Å². The van der Waals surface area contributed by atoms with Gasteiger partial charge in [0.15, 0.2) is 0 Å². The zero-order chi connectivity index (χ0) is 22.0. The fraction of sp³-hybridized carbons (Fsp3) is 0.304. The number of halogens is 2. The minimum Gasteiger partial charge on any atom is -0.379 e. The molecule has 1 fully saturated rings. The minimum absolute atomic E-state index is 0.0214. The maximum absolute atomic E-state index is 14.4. The van der Waals surface area contributed by atoms with Crippen molar-refractivity contribution in [3.63, 3.8) is 0 Å². The molecule has 2 aromatic carbocycles. The van der Waals surface area contributed by atoms with Gasteiger partial charge in [-0.1, -0.05) is 23.7 Å². The second kappa shape index (κ2) is 9.18. The molecule has 31 heavy (non-hydrogen) atoms. The Bertz CT molecular complexity index is 1170. The largest absolute Gasteiger partial charge is 0.379 e. The van der Waals surface area contributed by atoms with Gasteiger partial charge in [-0.15, -0.1) is 0 Å². The van der Waals surface area contributed by atoms with Gasteiger partial charge in [-0.3, -0.25) is 14.5 Å². The third-order valence-electron chi connectivity index (χ3n) is 5.43. The van der Waals surface area contributed by atoms with E-state index < -0.39 is 17.2 Å². The van der Waals surface area contributed by atoms with Gasteiger partial charge in [0.1, 0.15) is 11.4 Å². The Morgan fingerprint density at radius 1 is 1.19 bits per heavy atom. The molecule has 0 saturated carbocycles. The van der Waals surface area contributed by atoms with Crippen molar-refractivity contribution in [3.8, 4) is 0 Å². The third-order valence-corrected chi connectivity index (χ3v) is 5.68. The van der Waals surface area contributed by atoms with E-state index in [2.05, 4.69) is 10.2 Å². The zero-order valence-electron chi connectivity index (χ0n) is 17.2. The number of rotatable bonds is 5. The fourth-order valence-corrected chi connectivity index (χ4v) is 4.00. The van der Waals surface area contributed by atoms with E-state index in [0.717, 1.165) is 18.7 Å². The van der Waals surface area contributed by atoms with Gasteiger partial charge in [0.25, 0.3) is 5.91 Å². The Kier molecular flexibility index (Phi) is 6.36. The number of pyridine rings is 1. The van der Waals surface area contributed by atoms with Crippen molar-refractivity contribution in [1.82, 2.24) is 14.8 Å². The van der Waals surface area contributed by atoms with Gasteiger partial charge in [-0.25, -0.2) is 4.39 Å². The Labute approximate surface area is 184 Å². The molecular formula is C23H23ClFN3O3. The number of carbonyl (C=O) groups excluding carboxylic acids is 1. The predicted octanol–water partition coefficient (Wildman–Crippen LogP) is 3.09. The van der Waals surface area contributed by atoms with Crippen molar-refractivity contribution >= 4 is 28.4 Å². The molecule has 1 aliphatic heterocycles. The van der Waals surface area contributed by atoms with Crippen LogP contribution in [0.2, 0.25) is 5.02 Å². The molecule has 162 valence electrons. The Morgan fingerprint density at radius 2 is 1.90 bits per heavy atom. The number of carbonyl (C=O) groups is 1. The normalized spacial score (nSPS) is 14.7. The average molecular weight is 444 g/mol. The van der Waals surface area contributed by atoms with Crippen molar-refractivity contribution in [1.29, 1.82) is 0 Å². The summed E-state index contributed by atoms with van der Waals surface area (Å²) in [5.74, 6) is -0.997. The summed E-state index contributed by atoms with van der Waals surface area (Å²) in [6, 6.07) is 9.73. The first-order valence-corrected chi connectivity index (χ1v) is 10.4. The van der Waals surface area contributed by atoms with Crippen LogP contribution in [0.25, 0.3) is 10.9 Å². The van der Waals surface area contributed by atoms with E-state index >= 15 is 0 Å². The molecule has 1 amide bonds. The number of aryl methyl sites for hydroxylation is 1. The summed E-state index contributed by atoms with van der Waals surface area (Å²) in [6.45, 7) is 3.51. The molecule has 0 spiro atoms. The maximum Gasteiger partial charge on any atom is 0.257 e. The number of hydrogen-bond donors (Lipinski definition) is 1. The molecular weight excluding hydrogens is 421 g/mol. The fourth-order valence-electron chi connectivity index (χ4n) is 3.87. The number of benzene rings is 2. The number of nitrogens with one attached hydrogen (secondary N) is 1. The highest BCUT2D eigenvalue weighted by atomic mass is 35.5. The monoisotopic (exact) mass is 443 g/mol. The van der Waals surface area contributed by atoms with E-state index in [4.69, 9.17) is 16.3 Å². The lowest BCUT2D eigenvalue weighted by Crippen LogP contribution is -2.36. The summed E-state index contributed by atoms with van der Waals surface area (Å²) in [4.78, 5) is 28.0. The smallest absolute Gasteiger partial charge is 0.257 e. The van der Waals surface area contributed by atoms with Crippen molar-refractivity contribution in [2.75, 3.05) is 26.3 Å². The highest BCUT2D eigenvalue weighted by molar-refractivity contribution is 6.30. The topological polar surface area (TPSA) is 63.6 Å². The average Bonchev–Trinajstić information content (AvgIpc) is 2.76. The number of ether oxygens (including phenoxy) is 1. The van der Waals surface area contributed by atoms with Crippen LogP contribution in [-0.4, -0.2) is 41.7 Å². The van der Waals surface area contributed by atoms with E-state index in [1.165, 1.54) is 18.3 Å². The SMILES string of the molecule is Cn1cc(C(=O)NCc2ccc(Cl)cc2)c(=O)c2cc(F)cc(CN3CCOCC3)c21. The Morgan fingerprint density at radius 3 is 2.61 bits per heavy atom. The summed E-state index contributed by atoms with van der Waals surface area (Å²) in [5.41, 5.74) is 1.70. The standard InChI is InChI=1S/C23H23ClFN3O3/c1-27-14-20(23(30)26-12-15-2-4-17(24)5-3-15)22(29)19-11-18(25)10-16(21(19)27)13-28-6-8-31-9-7-28/h2-5,10-11,14H,6-9,12-13H2,1H3,(H,26,30). The molecule has 2 heterocycles. The van der Waals surface area contributed by atoms with Gasteiger partial charge in [0, 0.05) is 49.8 Å². The van der Waals surface area contributed by atoms with Crippen LogP contribution in [0.5, 0.6) is 0 Å². The van der Waals surface area contributed by atoms with Crippen LogP contribution in [0.4, 0.5) is 4.39 Å². The molecule has 0 aliphatic carbocycles. The minimum atomic E-state index is -0.503. The number of morpholine rings is 1. The molecule has 1 aromatic heterocycles. The van der Waals surface area contributed by atoms with Crippen LogP contribution >= 0.6 is 11.6 Å². The Hall–Kier alpha value is -2.74. The van der Waals surface area contributed by atoms with E-state index in [0.29, 0.717) is 35.9 Å². The summed E-state index contributed by atoms with van der Waals surface area (Å²) in [5, 5.41) is 3.56. The molecule has 0 unspecified atom stereocenters. The molecule has 1 aliphatic rings. The quantitative estimate of drug-likeness (QED) is 0.658. The maximum atomic E-state index is 14.4. The summed E-state index contributed by atoms with van der Waals surface area (Å²) in [7, 11) is 1.76. The number of hydrogen-bond acceptors (Lipinski definition) is 4. The van der Waals surface area contributed by atoms with E-state index in [1.54, 1.807) is 35.9 Å². The van der Waals surface area contributed by atoms with Crippen LogP contribution < -0.4 is 10.7 Å². The van der Waals surface area contributed by atoms with Crippen LogP contribution in [0.1, 0.15) is 21.5 Å². The van der Waals surface area contributed by atoms with Crippen LogP contribution in [0, 0.1) is 5.82 Å². The molecule has 0 radical (unpaired) electrons. The van der Waals surface area contributed by atoms with Gasteiger partial charge >= 0.3 is 0 Å². The first kappa shape index (κ1) is 21.5. The molecule has 3 aromatic rings. The molecule has 8 heteroatoms. The van der Waals surface area contributed by atoms with Crippen molar-refractivity contribution in [2.24, 2.45) is 7.05 Å². The number of nitrogens with zero attached hydrogens (tertiary/aromatic N) is 2. The van der Waals surface area contributed by atoms with Crippen LogP contribution in [-0.2, 0) is 24.9 Å². The summed E-state index contributed by atoms with van der Waals surface area (Å²) in [6.07, 6.45) is 1.52. The van der Waals surface area contributed by atoms with Crippen molar-refractivity contribution in [2.45, 2.75) is 13.1 Å². The van der Waals surface area contributed by atoms with Crippen LogP contribution in [0.15, 0.2) is 47.4 Å². The highest BCUT2D eigenvalue weighted by Crippen LogP contribution is 2.21. The molecule has 1 N–H and O–H groups in total. The first-order chi connectivity index (χ1) is 14.9. The lowest BCUT2D eigenvalue weighted by Gasteiger charge is -2.27. The number of fused-ring (bicyclic) bond motifs is 1.